The summed E-state index contributed by atoms with van der Waals surface area (Å²) in [5.41, 5.74) is 0.524. The van der Waals surface area contributed by atoms with Gasteiger partial charge in [0.05, 0.1) is 0 Å². The molecular weight excluding hydrogens is 344 g/mol. The fraction of sp³-hybridized carbons (Fsp3) is 0.706. The van der Waals surface area contributed by atoms with Crippen molar-refractivity contribution in [2.45, 2.75) is 52.2 Å². The fourth-order valence-corrected chi connectivity index (χ4v) is 3.84. The van der Waals surface area contributed by atoms with E-state index in [2.05, 4.69) is 24.1 Å². The molecule has 0 aliphatic rings. The Kier molecular flexibility index (Phi) is 12.8. The minimum absolute atomic E-state index is 0.0130. The monoisotopic (exact) mass is 374 g/mol. The Bertz CT molecular complexity index is 440. The van der Waals surface area contributed by atoms with Gasteiger partial charge in [0.1, 0.15) is 0 Å². The van der Waals surface area contributed by atoms with Crippen LogP contribution in [0.3, 0.4) is 0 Å². The zero-order chi connectivity index (χ0) is 18.5. The zero-order valence-electron chi connectivity index (χ0n) is 15.1. The minimum Gasteiger partial charge on any atom is -0.356 e. The van der Waals surface area contributed by atoms with Gasteiger partial charge in [-0.3, -0.25) is 14.4 Å². The number of ketones is 1. The molecule has 0 bridgehead atoms. The summed E-state index contributed by atoms with van der Waals surface area (Å²) in [7, 11) is 3.44. The molecule has 0 aromatic rings. The lowest BCUT2D eigenvalue weighted by Crippen LogP contribution is -2.32. The topological polar surface area (TPSA) is 75.3 Å². The van der Waals surface area contributed by atoms with E-state index in [1.807, 2.05) is 13.8 Å². The molecule has 1 unspecified atom stereocenters. The zero-order valence-corrected chi connectivity index (χ0v) is 16.8. The summed E-state index contributed by atoms with van der Waals surface area (Å²) in [5.74, 6) is 0.937. The molecule has 5 nitrogen and oxygen atoms in total. The van der Waals surface area contributed by atoms with Crippen LogP contribution in [0.1, 0.15) is 47.0 Å². The van der Waals surface area contributed by atoms with E-state index in [4.69, 9.17) is 0 Å². The van der Waals surface area contributed by atoms with Gasteiger partial charge in [0.15, 0.2) is 5.78 Å². The molecule has 138 valence electrons. The first kappa shape index (κ1) is 23.1. The van der Waals surface area contributed by atoms with Crippen molar-refractivity contribution in [3.63, 3.8) is 0 Å². The highest BCUT2D eigenvalue weighted by molar-refractivity contribution is 8.76. The molecule has 0 saturated heterocycles. The number of rotatable bonds is 13. The third-order valence-electron chi connectivity index (χ3n) is 3.10. The molecule has 0 fully saturated rings. The van der Waals surface area contributed by atoms with E-state index in [-0.39, 0.29) is 23.5 Å². The lowest BCUT2D eigenvalue weighted by molar-refractivity contribution is -0.124. The maximum Gasteiger partial charge on any atom is 0.222 e. The van der Waals surface area contributed by atoms with Crippen molar-refractivity contribution in [2.75, 3.05) is 18.8 Å². The Morgan fingerprint density at radius 1 is 1.08 bits per heavy atom. The molecule has 2 N–H and O–H groups in total. The molecule has 0 aliphatic carbocycles. The van der Waals surface area contributed by atoms with Gasteiger partial charge in [-0.05, 0) is 18.9 Å². The normalized spacial score (nSPS) is 11.9. The maximum absolute atomic E-state index is 11.6. The van der Waals surface area contributed by atoms with Crippen LogP contribution in [0, 0.1) is 5.92 Å². The first-order valence-corrected chi connectivity index (χ1v) is 10.6. The second-order valence-corrected chi connectivity index (χ2v) is 8.96. The maximum atomic E-state index is 11.6. The van der Waals surface area contributed by atoms with E-state index < -0.39 is 0 Å². The van der Waals surface area contributed by atoms with Gasteiger partial charge in [-0.1, -0.05) is 48.9 Å². The number of carbonyl (C=O) groups is 3. The van der Waals surface area contributed by atoms with Crippen molar-refractivity contribution in [3.8, 4) is 0 Å². The van der Waals surface area contributed by atoms with Crippen molar-refractivity contribution in [1.29, 1.82) is 0 Å². The minimum atomic E-state index is -0.0210. The summed E-state index contributed by atoms with van der Waals surface area (Å²) in [6.07, 6.45) is 1.57. The van der Waals surface area contributed by atoms with Gasteiger partial charge in [-0.2, -0.15) is 0 Å². The highest BCUT2D eigenvalue weighted by Gasteiger charge is 2.09. The highest BCUT2D eigenvalue weighted by atomic mass is 33.1. The smallest absolute Gasteiger partial charge is 0.222 e. The molecule has 0 spiro atoms. The van der Waals surface area contributed by atoms with Gasteiger partial charge in [0.25, 0.3) is 0 Å². The Morgan fingerprint density at radius 2 is 1.75 bits per heavy atom. The number of Topliss-reactive ketones (excluding diaryl/α,β-unsaturated/α-hetero) is 1. The molecule has 7 heteroatoms. The quantitative estimate of drug-likeness (QED) is 0.294. The molecule has 24 heavy (non-hydrogen) atoms. The van der Waals surface area contributed by atoms with Gasteiger partial charge in [0.2, 0.25) is 11.8 Å². The highest BCUT2D eigenvalue weighted by Crippen LogP contribution is 2.27. The Hall–Kier alpha value is -0.950. The Balaban J connectivity index is 3.58. The van der Waals surface area contributed by atoms with Gasteiger partial charge in [0, 0.05) is 42.9 Å². The first-order chi connectivity index (χ1) is 11.2. The summed E-state index contributed by atoms with van der Waals surface area (Å²) in [6, 6.07) is 0. The van der Waals surface area contributed by atoms with E-state index in [0.717, 1.165) is 12.2 Å². The second-order valence-electron chi connectivity index (χ2n) is 6.04. The molecule has 0 aromatic heterocycles. The van der Waals surface area contributed by atoms with E-state index in [1.54, 1.807) is 28.5 Å². The van der Waals surface area contributed by atoms with Gasteiger partial charge in [-0.15, -0.1) is 0 Å². The van der Waals surface area contributed by atoms with Crippen LogP contribution in [0.5, 0.6) is 0 Å². The summed E-state index contributed by atoms with van der Waals surface area (Å²) in [6.45, 7) is 12.1. The number of allylic oxidation sites excluding steroid dienone is 1. The van der Waals surface area contributed by atoms with Crippen molar-refractivity contribution in [3.05, 3.63) is 12.2 Å². The molecule has 2 amide bonds. The largest absolute Gasteiger partial charge is 0.356 e. The molecule has 0 heterocycles. The van der Waals surface area contributed by atoms with E-state index >= 15 is 0 Å². The first-order valence-electron chi connectivity index (χ1n) is 8.25. The second kappa shape index (κ2) is 13.4. The number of nitrogens with one attached hydrogen (secondary N) is 2. The van der Waals surface area contributed by atoms with E-state index in [0.29, 0.717) is 36.8 Å². The molecule has 0 saturated carbocycles. The SMILES string of the molecule is C=C(C)C(=O)CCNC(=O)CCCSSC(C)CNC(=O)C(C)C. The summed E-state index contributed by atoms with van der Waals surface area (Å²) < 4.78 is 0. The van der Waals surface area contributed by atoms with Crippen LogP contribution in [-0.2, 0) is 14.4 Å². The summed E-state index contributed by atoms with van der Waals surface area (Å²) >= 11 is 0. The van der Waals surface area contributed by atoms with Crippen LogP contribution in [0.15, 0.2) is 12.2 Å². The fourth-order valence-electron chi connectivity index (χ4n) is 1.56. The standard InChI is InChI=1S/C17H30N2O3S2/c1-12(2)15(20)8-9-18-16(21)7-6-10-23-24-14(5)11-19-17(22)13(3)4/h13-14H,1,6-11H2,2-5H3,(H,18,21)(H,19,22). The van der Waals surface area contributed by atoms with Crippen LogP contribution in [-0.4, -0.2) is 41.7 Å². The van der Waals surface area contributed by atoms with E-state index in [9.17, 15) is 14.4 Å². The van der Waals surface area contributed by atoms with Crippen LogP contribution < -0.4 is 10.6 Å². The molecule has 0 aromatic carbocycles. The van der Waals surface area contributed by atoms with Crippen LogP contribution in [0.25, 0.3) is 0 Å². The molecular formula is C17H30N2O3S2. The predicted octanol–water partition coefficient (Wildman–Crippen LogP) is 2.96. The Morgan fingerprint density at radius 3 is 2.33 bits per heavy atom. The van der Waals surface area contributed by atoms with Gasteiger partial charge in [-0.25, -0.2) is 0 Å². The Labute approximate surface area is 153 Å². The third kappa shape index (κ3) is 12.5. The van der Waals surface area contributed by atoms with E-state index in [1.165, 1.54) is 0 Å². The molecule has 1 atom stereocenters. The van der Waals surface area contributed by atoms with Crippen molar-refractivity contribution < 1.29 is 14.4 Å². The molecule has 0 radical (unpaired) electrons. The van der Waals surface area contributed by atoms with Crippen LogP contribution >= 0.6 is 21.6 Å². The number of carbonyl (C=O) groups excluding carboxylic acids is 3. The lowest BCUT2D eigenvalue weighted by atomic mass is 10.1. The van der Waals surface area contributed by atoms with Crippen molar-refractivity contribution >= 4 is 39.2 Å². The molecule has 0 aliphatic heterocycles. The van der Waals surface area contributed by atoms with Crippen molar-refractivity contribution in [2.24, 2.45) is 5.92 Å². The van der Waals surface area contributed by atoms with Gasteiger partial charge >= 0.3 is 0 Å². The summed E-state index contributed by atoms with van der Waals surface area (Å²) in [4.78, 5) is 34.4. The van der Waals surface area contributed by atoms with Crippen LogP contribution in [0.4, 0.5) is 0 Å². The number of hydrogen-bond donors (Lipinski definition) is 2. The van der Waals surface area contributed by atoms with Crippen LogP contribution in [0.2, 0.25) is 0 Å². The average molecular weight is 375 g/mol. The van der Waals surface area contributed by atoms with Gasteiger partial charge < -0.3 is 10.6 Å². The predicted molar refractivity (Wildman–Crippen MR) is 104 cm³/mol. The average Bonchev–Trinajstić information content (AvgIpc) is 2.51. The molecule has 0 rings (SSSR count). The third-order valence-corrected chi connectivity index (χ3v) is 6.08. The summed E-state index contributed by atoms with van der Waals surface area (Å²) in [5, 5.41) is 5.99. The van der Waals surface area contributed by atoms with Crippen molar-refractivity contribution in [1.82, 2.24) is 10.6 Å². The number of amides is 2. The lowest BCUT2D eigenvalue weighted by Gasteiger charge is -2.13. The number of hydrogen-bond acceptors (Lipinski definition) is 5.